The third-order valence-electron chi connectivity index (χ3n) is 1.02. The lowest BCUT2D eigenvalue weighted by Gasteiger charge is -2.11. The molecule has 0 saturated heterocycles. The van der Waals surface area contributed by atoms with Crippen LogP contribution < -0.4 is 0 Å². The minimum absolute atomic E-state index is 0.194. The number of carbonyl (C=O) groups is 1. The van der Waals surface area contributed by atoms with E-state index in [1.807, 2.05) is 0 Å². The number of carbonyl (C=O) groups excluding carboxylic acids is 1. The van der Waals surface area contributed by atoms with E-state index in [2.05, 4.69) is 17.4 Å². The van der Waals surface area contributed by atoms with E-state index in [0.29, 0.717) is 5.75 Å². The number of hydrogen-bond acceptors (Lipinski definition) is 5. The van der Waals surface area contributed by atoms with E-state index < -0.39 is 12.1 Å². The predicted molar refractivity (Wildman–Crippen MR) is 42.5 cm³/mol. The molecule has 0 aliphatic rings. The molecule has 0 atom stereocenters. The highest BCUT2D eigenvalue weighted by atomic mass is 32.1. The van der Waals surface area contributed by atoms with Gasteiger partial charge in [0.15, 0.2) is 0 Å². The van der Waals surface area contributed by atoms with Gasteiger partial charge in [-0.15, -0.1) is 0 Å². The third-order valence-corrected chi connectivity index (χ3v) is 1.24. The molecule has 0 spiro atoms. The fourth-order valence-corrected chi connectivity index (χ4v) is 0.651. The maximum atomic E-state index is 10.7. The molecule has 0 aromatic rings. The van der Waals surface area contributed by atoms with Crippen LogP contribution in [0.4, 0.5) is 0 Å². The summed E-state index contributed by atoms with van der Waals surface area (Å²) in [6.07, 6.45) is -0.595. The molecule has 66 valence electrons. The number of rotatable bonds is 5. The molecule has 4 nitrogen and oxygen atoms in total. The maximum absolute atomic E-state index is 10.7. The van der Waals surface area contributed by atoms with Crippen LogP contribution in [0.1, 0.15) is 6.42 Å². The van der Waals surface area contributed by atoms with Gasteiger partial charge in [-0.25, -0.2) is 0 Å². The van der Waals surface area contributed by atoms with Crippen molar-refractivity contribution in [3.63, 3.8) is 0 Å². The van der Waals surface area contributed by atoms with Crippen LogP contribution in [-0.2, 0) is 9.53 Å². The summed E-state index contributed by atoms with van der Waals surface area (Å²) in [5.41, 5.74) is 0. The minimum atomic E-state index is -0.789. The summed E-state index contributed by atoms with van der Waals surface area (Å²) >= 11 is 3.82. The molecule has 0 bridgehead atoms. The summed E-state index contributed by atoms with van der Waals surface area (Å²) in [6, 6.07) is 0. The zero-order chi connectivity index (χ0) is 8.69. The first-order valence-corrected chi connectivity index (χ1v) is 3.90. The van der Waals surface area contributed by atoms with E-state index in [9.17, 15) is 4.79 Å². The number of aliphatic hydroxyl groups excluding tert-OH is 2. The van der Waals surface area contributed by atoms with Gasteiger partial charge in [0, 0.05) is 5.75 Å². The Kier molecular flexibility index (Phi) is 6.30. The highest BCUT2D eigenvalue weighted by Crippen LogP contribution is 1.94. The lowest BCUT2D eigenvalue weighted by atomic mass is 10.4. The molecule has 2 N–H and O–H groups in total. The van der Waals surface area contributed by atoms with Crippen LogP contribution in [0.15, 0.2) is 0 Å². The summed E-state index contributed by atoms with van der Waals surface area (Å²) in [5, 5.41) is 17.0. The molecule has 0 aromatic carbocycles. The van der Waals surface area contributed by atoms with Crippen LogP contribution in [0.3, 0.4) is 0 Å². The Hall–Kier alpha value is -0.260. The van der Waals surface area contributed by atoms with E-state index in [4.69, 9.17) is 10.2 Å². The average Bonchev–Trinajstić information content (AvgIpc) is 2.01. The minimum Gasteiger partial charge on any atom is -0.457 e. The summed E-state index contributed by atoms with van der Waals surface area (Å²) in [5.74, 6) is -0.0457. The van der Waals surface area contributed by atoms with Crippen molar-refractivity contribution >= 4 is 18.6 Å². The van der Waals surface area contributed by atoms with Crippen LogP contribution in [0.2, 0.25) is 0 Å². The van der Waals surface area contributed by atoms with E-state index in [1.54, 1.807) is 0 Å². The van der Waals surface area contributed by atoms with Crippen LogP contribution in [-0.4, -0.2) is 41.3 Å². The van der Waals surface area contributed by atoms with Crippen LogP contribution in [0, 0.1) is 0 Å². The topological polar surface area (TPSA) is 66.8 Å². The normalized spacial score (nSPS) is 10.2. The molecule has 0 amide bonds. The van der Waals surface area contributed by atoms with Gasteiger partial charge in [-0.3, -0.25) is 4.79 Å². The smallest absolute Gasteiger partial charge is 0.307 e. The lowest BCUT2D eigenvalue weighted by Crippen LogP contribution is -2.25. The Bertz CT molecular complexity index is 113. The van der Waals surface area contributed by atoms with Gasteiger partial charge in [0.2, 0.25) is 0 Å². The predicted octanol–water partition coefficient (Wildman–Crippen LogP) is -0.797. The van der Waals surface area contributed by atoms with E-state index in [-0.39, 0.29) is 19.6 Å². The molecule has 0 aliphatic carbocycles. The summed E-state index contributed by atoms with van der Waals surface area (Å²) in [7, 11) is 0. The molecule has 0 aromatic heterocycles. The van der Waals surface area contributed by atoms with Gasteiger partial charge < -0.3 is 14.9 Å². The standard InChI is InChI=1S/C6H12O4S/c7-3-5(4-8)10-6(9)1-2-11/h5,7-8,11H,1-4H2. The highest BCUT2D eigenvalue weighted by Gasteiger charge is 2.10. The van der Waals surface area contributed by atoms with Crippen LogP contribution in [0.25, 0.3) is 0 Å². The Morgan fingerprint density at radius 1 is 1.45 bits per heavy atom. The average molecular weight is 180 g/mol. The quantitative estimate of drug-likeness (QED) is 0.383. The molecule has 0 rings (SSSR count). The zero-order valence-electron chi connectivity index (χ0n) is 6.06. The van der Waals surface area contributed by atoms with Gasteiger partial charge in [-0.05, 0) is 0 Å². The first kappa shape index (κ1) is 10.7. The largest absolute Gasteiger partial charge is 0.457 e. The Labute approximate surface area is 70.6 Å². The van der Waals surface area contributed by atoms with Crippen molar-refractivity contribution in [3.05, 3.63) is 0 Å². The van der Waals surface area contributed by atoms with Gasteiger partial charge in [-0.1, -0.05) is 0 Å². The van der Waals surface area contributed by atoms with Crippen molar-refractivity contribution in [1.29, 1.82) is 0 Å². The van der Waals surface area contributed by atoms with Crippen molar-refractivity contribution in [2.24, 2.45) is 0 Å². The monoisotopic (exact) mass is 180 g/mol. The Morgan fingerprint density at radius 3 is 2.36 bits per heavy atom. The fourth-order valence-electron chi connectivity index (χ4n) is 0.468. The second-order valence-electron chi connectivity index (χ2n) is 1.95. The van der Waals surface area contributed by atoms with Crippen molar-refractivity contribution in [3.8, 4) is 0 Å². The number of thiol groups is 1. The summed E-state index contributed by atoms with van der Waals surface area (Å²) in [6.45, 7) is -0.705. The molecule has 0 radical (unpaired) electrons. The molecule has 11 heavy (non-hydrogen) atoms. The number of esters is 1. The molecule has 0 aliphatic heterocycles. The molecule has 0 heterocycles. The molecule has 5 heteroatoms. The Balaban J connectivity index is 3.54. The van der Waals surface area contributed by atoms with Gasteiger partial charge in [0.1, 0.15) is 6.10 Å². The van der Waals surface area contributed by atoms with Crippen molar-refractivity contribution in [2.75, 3.05) is 19.0 Å². The molecular weight excluding hydrogens is 168 g/mol. The van der Waals surface area contributed by atoms with Gasteiger partial charge in [0.25, 0.3) is 0 Å². The summed E-state index contributed by atoms with van der Waals surface area (Å²) < 4.78 is 4.60. The first-order valence-electron chi connectivity index (χ1n) is 3.26. The van der Waals surface area contributed by atoms with Crippen molar-refractivity contribution in [2.45, 2.75) is 12.5 Å². The summed E-state index contributed by atoms with van der Waals surface area (Å²) in [4.78, 5) is 10.7. The third kappa shape index (κ3) is 5.06. The fraction of sp³-hybridized carbons (Fsp3) is 0.833. The second-order valence-corrected chi connectivity index (χ2v) is 2.40. The maximum Gasteiger partial charge on any atom is 0.307 e. The van der Waals surface area contributed by atoms with Crippen LogP contribution >= 0.6 is 12.6 Å². The molecule has 0 fully saturated rings. The number of aliphatic hydroxyl groups is 2. The van der Waals surface area contributed by atoms with Gasteiger partial charge >= 0.3 is 5.97 Å². The van der Waals surface area contributed by atoms with E-state index >= 15 is 0 Å². The zero-order valence-corrected chi connectivity index (χ0v) is 6.96. The molecule has 0 saturated carbocycles. The van der Waals surface area contributed by atoms with Gasteiger partial charge in [0.05, 0.1) is 19.6 Å². The molecular formula is C6H12O4S. The Morgan fingerprint density at radius 2 is 2.00 bits per heavy atom. The van der Waals surface area contributed by atoms with Crippen LogP contribution in [0.5, 0.6) is 0 Å². The van der Waals surface area contributed by atoms with E-state index in [0.717, 1.165) is 0 Å². The van der Waals surface area contributed by atoms with Gasteiger partial charge in [-0.2, -0.15) is 12.6 Å². The SMILES string of the molecule is O=C(CCS)OC(CO)CO. The van der Waals surface area contributed by atoms with Crippen molar-refractivity contribution in [1.82, 2.24) is 0 Å². The second kappa shape index (κ2) is 6.45. The lowest BCUT2D eigenvalue weighted by molar-refractivity contribution is -0.152. The highest BCUT2D eigenvalue weighted by molar-refractivity contribution is 7.80. The number of ether oxygens (including phenoxy) is 1. The first-order chi connectivity index (χ1) is 5.24. The molecule has 0 unspecified atom stereocenters. The van der Waals surface area contributed by atoms with E-state index in [1.165, 1.54) is 0 Å². The van der Waals surface area contributed by atoms with Crippen molar-refractivity contribution < 1.29 is 19.7 Å². The number of hydrogen-bond donors (Lipinski definition) is 3.